The predicted octanol–water partition coefficient (Wildman–Crippen LogP) is 2.99. The highest BCUT2D eigenvalue weighted by Gasteiger charge is 2.24. The van der Waals surface area contributed by atoms with Gasteiger partial charge in [0.25, 0.3) is 10.0 Å². The van der Waals surface area contributed by atoms with Crippen LogP contribution in [0.15, 0.2) is 33.7 Å². The quantitative estimate of drug-likeness (QED) is 0.865. The van der Waals surface area contributed by atoms with Crippen molar-refractivity contribution in [1.82, 2.24) is 5.16 Å². The van der Waals surface area contributed by atoms with Gasteiger partial charge >= 0.3 is 0 Å². The highest BCUT2D eigenvalue weighted by atomic mass is 79.9. The van der Waals surface area contributed by atoms with E-state index < -0.39 is 10.0 Å². The van der Waals surface area contributed by atoms with Crippen LogP contribution in [0.4, 0.5) is 5.69 Å². The van der Waals surface area contributed by atoms with E-state index in [4.69, 9.17) is 4.52 Å². The van der Waals surface area contributed by atoms with Crippen LogP contribution in [0, 0.1) is 13.8 Å². The van der Waals surface area contributed by atoms with Gasteiger partial charge in [-0.3, -0.25) is 4.72 Å². The van der Waals surface area contributed by atoms with E-state index in [1.54, 1.807) is 32.0 Å². The molecule has 2 aromatic rings. The average molecular weight is 345 g/mol. The summed E-state index contributed by atoms with van der Waals surface area (Å²) in [5.41, 5.74) is 1.84. The summed E-state index contributed by atoms with van der Waals surface area (Å²) in [6.07, 6.45) is 0. The van der Waals surface area contributed by atoms with Crippen LogP contribution in [0.3, 0.4) is 0 Å². The van der Waals surface area contributed by atoms with Crippen molar-refractivity contribution in [2.24, 2.45) is 0 Å². The Morgan fingerprint density at radius 2 is 2.11 bits per heavy atom. The lowest BCUT2D eigenvalue weighted by molar-refractivity contribution is 0.390. The smallest absolute Gasteiger partial charge is 0.267 e. The summed E-state index contributed by atoms with van der Waals surface area (Å²) < 4.78 is 32.0. The van der Waals surface area contributed by atoms with Crippen LogP contribution in [0.1, 0.15) is 17.0 Å². The average Bonchev–Trinajstić information content (AvgIpc) is 2.69. The fraction of sp³-hybridized carbons (Fsp3) is 0.250. The Bertz CT molecular complexity index is 675. The Kier molecular flexibility index (Phi) is 3.96. The summed E-state index contributed by atoms with van der Waals surface area (Å²) in [6.45, 7) is 3.17. The van der Waals surface area contributed by atoms with Crippen LogP contribution in [0.2, 0.25) is 0 Å². The van der Waals surface area contributed by atoms with E-state index in [1.807, 2.05) is 6.07 Å². The van der Waals surface area contributed by atoms with Gasteiger partial charge in [0, 0.05) is 11.0 Å². The second-order valence-electron chi connectivity index (χ2n) is 4.09. The molecule has 0 amide bonds. The minimum atomic E-state index is -3.68. The number of halogens is 1. The number of hydrogen-bond acceptors (Lipinski definition) is 4. The molecule has 19 heavy (non-hydrogen) atoms. The van der Waals surface area contributed by atoms with Gasteiger partial charge in [0.05, 0.1) is 0 Å². The van der Waals surface area contributed by atoms with Crippen molar-refractivity contribution in [3.05, 3.63) is 41.3 Å². The number of aryl methyl sites for hydroxylation is 2. The lowest BCUT2D eigenvalue weighted by atomic mass is 10.2. The molecule has 0 atom stereocenters. The molecule has 0 aliphatic heterocycles. The third-order valence-corrected chi connectivity index (χ3v) is 4.84. The number of rotatable bonds is 4. The number of anilines is 1. The molecule has 0 saturated carbocycles. The van der Waals surface area contributed by atoms with Crippen LogP contribution in [0.25, 0.3) is 0 Å². The molecule has 0 saturated heterocycles. The molecule has 0 aliphatic rings. The lowest BCUT2D eigenvalue weighted by Gasteiger charge is -2.08. The first-order valence-electron chi connectivity index (χ1n) is 5.54. The minimum Gasteiger partial charge on any atom is -0.360 e. The normalized spacial score (nSPS) is 11.5. The molecule has 0 aliphatic carbocycles. The zero-order valence-corrected chi connectivity index (χ0v) is 12.9. The van der Waals surface area contributed by atoms with Crippen molar-refractivity contribution in [2.75, 3.05) is 4.72 Å². The van der Waals surface area contributed by atoms with Gasteiger partial charge in [0.1, 0.15) is 5.69 Å². The highest BCUT2D eigenvalue weighted by Crippen LogP contribution is 2.23. The maximum Gasteiger partial charge on any atom is 0.267 e. The van der Waals surface area contributed by atoms with Crippen LogP contribution in [-0.4, -0.2) is 13.6 Å². The molecule has 102 valence electrons. The molecule has 0 spiro atoms. The zero-order chi connectivity index (χ0) is 14.0. The van der Waals surface area contributed by atoms with E-state index >= 15 is 0 Å². The van der Waals surface area contributed by atoms with Crippen molar-refractivity contribution in [1.29, 1.82) is 0 Å². The van der Waals surface area contributed by atoms with Gasteiger partial charge in [0.2, 0.25) is 0 Å². The van der Waals surface area contributed by atoms with Gasteiger partial charge in [-0.15, -0.1) is 0 Å². The second-order valence-corrected chi connectivity index (χ2v) is 6.27. The SMILES string of the molecule is Cc1noc(C)c1S(=O)(=O)Nc1cccc(CBr)c1. The lowest BCUT2D eigenvalue weighted by Crippen LogP contribution is -2.14. The van der Waals surface area contributed by atoms with Gasteiger partial charge in [-0.1, -0.05) is 33.2 Å². The Hall–Kier alpha value is -1.34. The first kappa shape index (κ1) is 14.1. The fourth-order valence-electron chi connectivity index (χ4n) is 1.78. The third-order valence-electron chi connectivity index (χ3n) is 2.57. The number of nitrogens with zero attached hydrogens (tertiary/aromatic N) is 1. The number of aromatic nitrogens is 1. The maximum atomic E-state index is 12.3. The van der Waals surface area contributed by atoms with Crippen LogP contribution in [-0.2, 0) is 15.4 Å². The molecular formula is C12H13BrN2O3S. The Morgan fingerprint density at radius 1 is 1.37 bits per heavy atom. The number of nitrogens with one attached hydrogen (secondary N) is 1. The van der Waals surface area contributed by atoms with Crippen molar-refractivity contribution < 1.29 is 12.9 Å². The van der Waals surface area contributed by atoms with Crippen LogP contribution in [0.5, 0.6) is 0 Å². The van der Waals surface area contributed by atoms with Gasteiger partial charge in [-0.25, -0.2) is 8.42 Å². The molecule has 7 heteroatoms. The monoisotopic (exact) mass is 344 g/mol. The standard InChI is InChI=1S/C12H13BrN2O3S/c1-8-12(9(2)18-14-8)19(16,17)15-11-5-3-4-10(6-11)7-13/h3-6,15H,7H2,1-2H3. The first-order valence-corrected chi connectivity index (χ1v) is 8.15. The molecule has 2 rings (SSSR count). The molecule has 0 bridgehead atoms. The van der Waals surface area contributed by atoms with Gasteiger partial charge in [0.15, 0.2) is 10.7 Å². The van der Waals surface area contributed by atoms with E-state index in [1.165, 1.54) is 0 Å². The van der Waals surface area contributed by atoms with E-state index in [9.17, 15) is 8.42 Å². The van der Waals surface area contributed by atoms with Gasteiger partial charge < -0.3 is 4.52 Å². The molecule has 1 aromatic heterocycles. The number of benzene rings is 1. The number of alkyl halides is 1. The summed E-state index contributed by atoms with van der Waals surface area (Å²) in [6, 6.07) is 7.16. The van der Waals surface area contributed by atoms with Crippen molar-refractivity contribution in [3.8, 4) is 0 Å². The number of hydrogen-bond donors (Lipinski definition) is 1. The Morgan fingerprint density at radius 3 is 2.68 bits per heavy atom. The second kappa shape index (κ2) is 5.34. The van der Waals surface area contributed by atoms with Crippen molar-refractivity contribution in [2.45, 2.75) is 24.1 Å². The fourth-order valence-corrected chi connectivity index (χ4v) is 3.51. The van der Waals surface area contributed by atoms with Crippen LogP contribution < -0.4 is 4.72 Å². The van der Waals surface area contributed by atoms with Crippen molar-refractivity contribution >= 4 is 31.6 Å². The minimum absolute atomic E-state index is 0.0942. The molecule has 0 radical (unpaired) electrons. The van der Waals surface area contributed by atoms with Gasteiger partial charge in [-0.2, -0.15) is 0 Å². The van der Waals surface area contributed by atoms with E-state index in [0.717, 1.165) is 5.56 Å². The summed E-state index contributed by atoms with van der Waals surface area (Å²) in [7, 11) is -3.68. The Labute approximate surface area is 120 Å². The summed E-state index contributed by atoms with van der Waals surface area (Å²) in [5, 5.41) is 4.32. The van der Waals surface area contributed by atoms with E-state index in [0.29, 0.717) is 16.7 Å². The maximum absolute atomic E-state index is 12.3. The molecule has 1 aromatic carbocycles. The Balaban J connectivity index is 2.36. The summed E-state index contributed by atoms with van der Waals surface area (Å²) >= 11 is 3.33. The molecule has 1 heterocycles. The zero-order valence-electron chi connectivity index (χ0n) is 10.5. The number of sulfonamides is 1. The molecule has 0 fully saturated rings. The topological polar surface area (TPSA) is 72.2 Å². The van der Waals surface area contributed by atoms with Crippen LogP contribution >= 0.6 is 15.9 Å². The molecule has 1 N–H and O–H groups in total. The molecule has 5 nitrogen and oxygen atoms in total. The first-order chi connectivity index (χ1) is 8.94. The molecule has 0 unspecified atom stereocenters. The third kappa shape index (κ3) is 2.98. The molecular weight excluding hydrogens is 332 g/mol. The highest BCUT2D eigenvalue weighted by molar-refractivity contribution is 9.08. The largest absolute Gasteiger partial charge is 0.360 e. The predicted molar refractivity (Wildman–Crippen MR) is 75.9 cm³/mol. The van der Waals surface area contributed by atoms with E-state index in [2.05, 4.69) is 25.8 Å². The van der Waals surface area contributed by atoms with E-state index in [-0.39, 0.29) is 10.7 Å². The van der Waals surface area contributed by atoms with Crippen molar-refractivity contribution in [3.63, 3.8) is 0 Å². The summed E-state index contributed by atoms with van der Waals surface area (Å²) in [4.78, 5) is 0.0942. The summed E-state index contributed by atoms with van der Waals surface area (Å²) in [5.74, 6) is 0.279. The van der Waals surface area contributed by atoms with Gasteiger partial charge in [-0.05, 0) is 31.5 Å².